The number of hydrogen-bond acceptors (Lipinski definition) is 10. The van der Waals surface area contributed by atoms with E-state index in [-0.39, 0.29) is 50.1 Å². The summed E-state index contributed by atoms with van der Waals surface area (Å²) in [5.41, 5.74) is 7.10. The van der Waals surface area contributed by atoms with Gasteiger partial charge in [-0.2, -0.15) is 4.98 Å². The largest absolute Gasteiger partial charge is 0.424 e. The molecule has 3 heterocycles. The number of nitrogens with two attached hydrogens (primary N) is 1. The van der Waals surface area contributed by atoms with Gasteiger partial charge in [-0.1, -0.05) is 54.1 Å². The van der Waals surface area contributed by atoms with Gasteiger partial charge in [-0.3, -0.25) is 18.9 Å². The number of nitrogens with one attached hydrogen (secondary N) is 1. The first-order valence-electron chi connectivity index (χ1n) is 12.0. The maximum atomic E-state index is 13.8. The van der Waals surface area contributed by atoms with Crippen molar-refractivity contribution in [1.29, 1.82) is 0 Å². The molecule has 1 atom stereocenters. The Bertz CT molecular complexity index is 1670. The Morgan fingerprint density at radius 2 is 1.90 bits per heavy atom. The quantitative estimate of drug-likeness (QED) is 0.177. The monoisotopic (exact) mass is 585 g/mol. The molecule has 2 aromatic carbocycles. The van der Waals surface area contributed by atoms with Crippen LogP contribution in [0, 0.1) is 0 Å². The van der Waals surface area contributed by atoms with Crippen LogP contribution in [0.5, 0.6) is 0 Å². The highest BCUT2D eigenvalue weighted by Gasteiger charge is 2.30. The number of ether oxygens (including phenoxy) is 3. The number of hydrogen-bond donors (Lipinski definition) is 2. The van der Waals surface area contributed by atoms with Crippen molar-refractivity contribution in [3.8, 4) is 0 Å². The van der Waals surface area contributed by atoms with Crippen LogP contribution < -0.4 is 11.3 Å². The second kappa shape index (κ2) is 12.1. The van der Waals surface area contributed by atoms with Crippen LogP contribution in [-0.4, -0.2) is 39.1 Å². The molecule has 40 heavy (non-hydrogen) atoms. The first-order chi connectivity index (χ1) is 19.3. The Hall–Kier alpha value is -3.93. The van der Waals surface area contributed by atoms with Crippen LogP contribution in [0.15, 0.2) is 84.0 Å². The molecular formula is C26H25ClN5O7P. The number of fused-ring (bicyclic) bond motifs is 1. The Kier molecular flexibility index (Phi) is 8.34. The zero-order valence-corrected chi connectivity index (χ0v) is 22.8. The van der Waals surface area contributed by atoms with Gasteiger partial charge in [-0.05, 0) is 24.3 Å². The van der Waals surface area contributed by atoms with E-state index in [1.54, 1.807) is 28.8 Å². The molecule has 0 fully saturated rings. The van der Waals surface area contributed by atoms with Crippen LogP contribution in [0.3, 0.4) is 0 Å². The highest BCUT2D eigenvalue weighted by atomic mass is 35.5. The number of nitrogens with zero attached hydrogens (tertiary/aromatic N) is 3. The zero-order valence-electron chi connectivity index (χ0n) is 21.1. The number of benzene rings is 2. The fourth-order valence-corrected chi connectivity index (χ4v) is 5.27. The number of rotatable bonds is 12. The summed E-state index contributed by atoms with van der Waals surface area (Å²) in [6.45, 7) is 3.78. The summed E-state index contributed by atoms with van der Waals surface area (Å²) in [7, 11) is -3.84. The van der Waals surface area contributed by atoms with Crippen molar-refractivity contribution < 1.29 is 27.8 Å². The van der Waals surface area contributed by atoms with Gasteiger partial charge in [0.1, 0.15) is 13.0 Å². The Morgan fingerprint density at radius 3 is 2.70 bits per heavy atom. The number of anilines is 1. The fourth-order valence-electron chi connectivity index (χ4n) is 3.82. The molecule has 3 N–H and O–H groups in total. The number of aromatic amines is 1. The molecule has 1 unspecified atom stereocenters. The standard InChI is InChI=1S/C26H25ClN5O7P/c1-17-38-21(23(39-17)19-7-3-2-4-8-19)14-37-40(34,36-13-18-6-5-9-20(27)12-18)16-35-11-10-32-15-29-22-24(32)30-26(28)31-25(22)33/h2-9,12,15H,1,10-11,13-14,16H2,(H3,28,30,31,33). The highest BCUT2D eigenvalue weighted by molar-refractivity contribution is 7.53. The van der Waals surface area contributed by atoms with Crippen LogP contribution in [0.2, 0.25) is 5.02 Å². The number of imidazole rings is 1. The van der Waals surface area contributed by atoms with Crippen molar-refractivity contribution in [2.75, 3.05) is 25.3 Å². The maximum Gasteiger partial charge on any atom is 0.356 e. The lowest BCUT2D eigenvalue weighted by Gasteiger charge is -2.19. The minimum absolute atomic E-state index is 0.0301. The highest BCUT2D eigenvalue weighted by Crippen LogP contribution is 2.50. The molecule has 0 saturated heterocycles. The molecule has 12 nitrogen and oxygen atoms in total. The first-order valence-corrected chi connectivity index (χ1v) is 14.1. The first kappa shape index (κ1) is 27.6. The molecule has 5 rings (SSSR count). The summed E-state index contributed by atoms with van der Waals surface area (Å²) in [4.78, 5) is 22.6. The predicted molar refractivity (Wildman–Crippen MR) is 148 cm³/mol. The van der Waals surface area contributed by atoms with Crippen molar-refractivity contribution in [2.45, 2.75) is 13.2 Å². The molecular weight excluding hydrogens is 561 g/mol. The Balaban J connectivity index is 1.28. The van der Waals surface area contributed by atoms with Crippen LogP contribution in [-0.2, 0) is 41.0 Å². The molecule has 0 radical (unpaired) electrons. The molecule has 2 aromatic heterocycles. The molecule has 0 aliphatic carbocycles. The summed E-state index contributed by atoms with van der Waals surface area (Å²) in [5.74, 6) is 0.740. The van der Waals surface area contributed by atoms with Gasteiger partial charge < -0.3 is 29.0 Å². The van der Waals surface area contributed by atoms with Crippen molar-refractivity contribution in [3.05, 3.63) is 106 Å². The van der Waals surface area contributed by atoms with Gasteiger partial charge in [0.05, 0.1) is 19.5 Å². The van der Waals surface area contributed by atoms with Gasteiger partial charge in [-0.15, -0.1) is 0 Å². The minimum atomic E-state index is -3.84. The molecule has 0 saturated carbocycles. The second-order valence-electron chi connectivity index (χ2n) is 8.58. The zero-order chi connectivity index (χ0) is 28.1. The van der Waals surface area contributed by atoms with Crippen molar-refractivity contribution in [2.24, 2.45) is 0 Å². The third kappa shape index (κ3) is 6.61. The van der Waals surface area contributed by atoms with Gasteiger partial charge >= 0.3 is 7.60 Å². The maximum absolute atomic E-state index is 13.8. The normalized spacial score (nSPS) is 14.8. The number of halogens is 1. The molecule has 4 aromatic rings. The third-order valence-electron chi connectivity index (χ3n) is 5.67. The third-order valence-corrected chi connectivity index (χ3v) is 7.45. The van der Waals surface area contributed by atoms with Crippen molar-refractivity contribution >= 4 is 42.1 Å². The Morgan fingerprint density at radius 1 is 1.10 bits per heavy atom. The van der Waals surface area contributed by atoms with Gasteiger partial charge in [0, 0.05) is 17.1 Å². The summed E-state index contributed by atoms with van der Waals surface area (Å²) < 4.78 is 43.8. The fraction of sp³-hybridized carbons (Fsp3) is 0.192. The topological polar surface area (TPSA) is 153 Å². The van der Waals surface area contributed by atoms with Crippen molar-refractivity contribution in [3.63, 3.8) is 0 Å². The van der Waals surface area contributed by atoms with E-state index >= 15 is 0 Å². The number of nitrogen functional groups attached to an aromatic ring is 1. The van der Waals surface area contributed by atoms with E-state index in [2.05, 4.69) is 21.5 Å². The van der Waals surface area contributed by atoms with E-state index in [1.165, 1.54) is 6.33 Å². The smallest absolute Gasteiger partial charge is 0.356 e. The van der Waals surface area contributed by atoms with Gasteiger partial charge in [0.15, 0.2) is 22.7 Å². The van der Waals surface area contributed by atoms with E-state index in [0.717, 1.165) is 5.56 Å². The number of aromatic nitrogens is 4. The lowest BCUT2D eigenvalue weighted by atomic mass is 10.2. The van der Waals surface area contributed by atoms with E-state index in [4.69, 9.17) is 40.6 Å². The molecule has 0 bridgehead atoms. The predicted octanol–water partition coefficient (Wildman–Crippen LogP) is 4.64. The van der Waals surface area contributed by atoms with E-state index in [9.17, 15) is 9.36 Å². The number of H-pyrrole nitrogens is 1. The van der Waals surface area contributed by atoms with Gasteiger partial charge in [-0.25, -0.2) is 4.98 Å². The molecule has 0 spiro atoms. The summed E-state index contributed by atoms with van der Waals surface area (Å²) >= 11 is 6.08. The van der Waals surface area contributed by atoms with E-state index in [0.29, 0.717) is 27.8 Å². The summed E-state index contributed by atoms with van der Waals surface area (Å²) in [5, 5.41) is 0.515. The Labute approximate surface area is 233 Å². The van der Waals surface area contributed by atoms with Crippen molar-refractivity contribution in [1.82, 2.24) is 19.5 Å². The van der Waals surface area contributed by atoms with Crippen LogP contribution >= 0.6 is 19.2 Å². The average molecular weight is 586 g/mol. The van der Waals surface area contributed by atoms with Gasteiger partial charge in [0.25, 0.3) is 11.5 Å². The lowest BCUT2D eigenvalue weighted by Crippen LogP contribution is -2.13. The lowest BCUT2D eigenvalue weighted by molar-refractivity contribution is 0.115. The van der Waals surface area contributed by atoms with Crippen LogP contribution in [0.4, 0.5) is 5.95 Å². The molecule has 208 valence electrons. The summed E-state index contributed by atoms with van der Waals surface area (Å²) in [6.07, 6.45) is 1.08. The van der Waals surface area contributed by atoms with E-state index < -0.39 is 13.2 Å². The molecule has 14 heteroatoms. The van der Waals surface area contributed by atoms with Gasteiger partial charge in [0.2, 0.25) is 5.95 Å². The van der Waals surface area contributed by atoms with Crippen LogP contribution in [0.25, 0.3) is 16.9 Å². The molecule has 0 amide bonds. The average Bonchev–Trinajstić information content (AvgIpc) is 3.52. The summed E-state index contributed by atoms with van der Waals surface area (Å²) in [6, 6.07) is 16.2. The molecule has 1 aliphatic heterocycles. The minimum Gasteiger partial charge on any atom is -0.424 e. The second-order valence-corrected chi connectivity index (χ2v) is 11.0. The van der Waals surface area contributed by atoms with E-state index in [1.807, 2.05) is 30.3 Å². The van der Waals surface area contributed by atoms with Crippen LogP contribution in [0.1, 0.15) is 11.1 Å². The molecule has 1 aliphatic rings. The SMILES string of the molecule is C=C1OC(COP(=O)(COCCn2cnc3c(=O)[nH]c(N)nc32)OCc2cccc(Cl)c2)=C(c2ccccc2)O1.